The highest BCUT2D eigenvalue weighted by Gasteiger charge is 2.28. The minimum atomic E-state index is -0.382. The van der Waals surface area contributed by atoms with Gasteiger partial charge in [-0.05, 0) is 13.8 Å². The molecule has 1 heterocycles. The molecule has 0 saturated carbocycles. The summed E-state index contributed by atoms with van der Waals surface area (Å²) < 4.78 is 4.69. The fourth-order valence-corrected chi connectivity index (χ4v) is 1.83. The smallest absolute Gasteiger partial charge is 0.336 e. The SMILES string of the molecule is COC(=O)C1=C(C)NC(C)=C(C#N)C1C. The summed E-state index contributed by atoms with van der Waals surface area (Å²) in [6.45, 7) is 5.46. The highest BCUT2D eigenvalue weighted by molar-refractivity contribution is 5.91. The van der Waals surface area contributed by atoms with Crippen molar-refractivity contribution in [1.82, 2.24) is 5.32 Å². The Kier molecular flexibility index (Phi) is 3.15. The zero-order chi connectivity index (χ0) is 11.6. The number of hydrogen-bond acceptors (Lipinski definition) is 4. The first-order chi connectivity index (χ1) is 7.02. The highest BCUT2D eigenvalue weighted by atomic mass is 16.5. The summed E-state index contributed by atoms with van der Waals surface area (Å²) in [7, 11) is 1.34. The molecule has 0 aliphatic carbocycles. The quantitative estimate of drug-likeness (QED) is 0.660. The fraction of sp³-hybridized carbons (Fsp3) is 0.455. The van der Waals surface area contributed by atoms with Crippen LogP contribution in [0.15, 0.2) is 22.5 Å². The lowest BCUT2D eigenvalue weighted by molar-refractivity contribution is -0.136. The summed E-state index contributed by atoms with van der Waals surface area (Å²) in [6.07, 6.45) is 0. The molecule has 4 heteroatoms. The van der Waals surface area contributed by atoms with Crippen molar-refractivity contribution >= 4 is 5.97 Å². The number of nitrogens with one attached hydrogen (secondary N) is 1. The summed E-state index contributed by atoms with van der Waals surface area (Å²) >= 11 is 0. The zero-order valence-electron chi connectivity index (χ0n) is 9.34. The van der Waals surface area contributed by atoms with Gasteiger partial charge in [0.05, 0.1) is 24.3 Å². The predicted molar refractivity (Wildman–Crippen MR) is 55.3 cm³/mol. The Balaban J connectivity index is 3.16. The van der Waals surface area contributed by atoms with Crippen LogP contribution in [0.5, 0.6) is 0 Å². The Morgan fingerprint density at radius 1 is 1.47 bits per heavy atom. The first-order valence-corrected chi connectivity index (χ1v) is 4.69. The molecule has 1 atom stereocenters. The zero-order valence-corrected chi connectivity index (χ0v) is 9.34. The summed E-state index contributed by atoms with van der Waals surface area (Å²) in [5, 5.41) is 12.0. The van der Waals surface area contributed by atoms with Crippen LogP contribution in [0.3, 0.4) is 0 Å². The summed E-state index contributed by atoms with van der Waals surface area (Å²) in [5.74, 6) is -0.587. The van der Waals surface area contributed by atoms with Crippen LogP contribution in [-0.2, 0) is 9.53 Å². The molecule has 15 heavy (non-hydrogen) atoms. The summed E-state index contributed by atoms with van der Waals surface area (Å²) in [4.78, 5) is 11.5. The van der Waals surface area contributed by atoms with Crippen molar-refractivity contribution in [1.29, 1.82) is 5.26 Å². The van der Waals surface area contributed by atoms with E-state index in [0.29, 0.717) is 11.1 Å². The van der Waals surface area contributed by atoms with Crippen molar-refractivity contribution in [2.75, 3.05) is 7.11 Å². The maximum absolute atomic E-state index is 11.5. The van der Waals surface area contributed by atoms with E-state index in [9.17, 15) is 4.79 Å². The van der Waals surface area contributed by atoms with Gasteiger partial charge >= 0.3 is 5.97 Å². The number of rotatable bonds is 1. The number of carbonyl (C=O) groups excluding carboxylic acids is 1. The number of hydrogen-bond donors (Lipinski definition) is 1. The van der Waals surface area contributed by atoms with Crippen LogP contribution in [0.1, 0.15) is 20.8 Å². The Hall–Kier alpha value is -1.76. The maximum atomic E-state index is 11.5. The van der Waals surface area contributed by atoms with Gasteiger partial charge in [0.1, 0.15) is 0 Å². The van der Waals surface area contributed by atoms with Crippen molar-refractivity contribution in [3.8, 4) is 6.07 Å². The third-order valence-corrected chi connectivity index (χ3v) is 2.57. The minimum Gasteiger partial charge on any atom is -0.466 e. The molecule has 1 N–H and O–H groups in total. The lowest BCUT2D eigenvalue weighted by atomic mass is 9.88. The van der Waals surface area contributed by atoms with Gasteiger partial charge in [0.2, 0.25) is 0 Å². The molecule has 0 spiro atoms. The summed E-state index contributed by atoms with van der Waals surface area (Å²) in [6, 6.07) is 2.11. The van der Waals surface area contributed by atoms with Crippen molar-refractivity contribution in [3.63, 3.8) is 0 Å². The van der Waals surface area contributed by atoms with E-state index in [0.717, 1.165) is 11.4 Å². The molecule has 0 amide bonds. The van der Waals surface area contributed by atoms with E-state index in [1.807, 2.05) is 13.8 Å². The van der Waals surface area contributed by atoms with Crippen LogP contribution in [-0.4, -0.2) is 13.1 Å². The van der Waals surface area contributed by atoms with Gasteiger partial charge < -0.3 is 10.1 Å². The standard InChI is InChI=1S/C11H14N2O2/c1-6-9(5-12)7(2)13-8(3)10(6)11(14)15-4/h6,13H,1-4H3. The van der Waals surface area contributed by atoms with Crippen LogP contribution in [0.4, 0.5) is 0 Å². The normalized spacial score (nSPS) is 20.9. The van der Waals surface area contributed by atoms with Gasteiger partial charge in [0.15, 0.2) is 0 Å². The monoisotopic (exact) mass is 206 g/mol. The van der Waals surface area contributed by atoms with Gasteiger partial charge in [-0.2, -0.15) is 5.26 Å². The third-order valence-electron chi connectivity index (χ3n) is 2.57. The van der Waals surface area contributed by atoms with E-state index in [2.05, 4.69) is 16.1 Å². The van der Waals surface area contributed by atoms with E-state index in [-0.39, 0.29) is 11.9 Å². The second-order valence-corrected chi connectivity index (χ2v) is 3.53. The van der Waals surface area contributed by atoms with Gasteiger partial charge in [-0.25, -0.2) is 4.79 Å². The number of nitrogens with zero attached hydrogens (tertiary/aromatic N) is 1. The molecule has 1 unspecified atom stereocenters. The molecule has 1 rings (SSSR count). The highest BCUT2D eigenvalue weighted by Crippen LogP contribution is 2.29. The van der Waals surface area contributed by atoms with Crippen molar-refractivity contribution in [2.45, 2.75) is 20.8 Å². The molecule has 0 aromatic rings. The van der Waals surface area contributed by atoms with Crippen LogP contribution in [0.2, 0.25) is 0 Å². The molecule has 1 aliphatic rings. The van der Waals surface area contributed by atoms with Crippen LogP contribution >= 0.6 is 0 Å². The topological polar surface area (TPSA) is 62.1 Å². The number of nitriles is 1. The lowest BCUT2D eigenvalue weighted by Gasteiger charge is -2.24. The number of esters is 1. The molecular weight excluding hydrogens is 192 g/mol. The number of ether oxygens (including phenoxy) is 1. The molecule has 0 aromatic carbocycles. The molecular formula is C11H14N2O2. The number of allylic oxidation sites excluding steroid dienone is 3. The van der Waals surface area contributed by atoms with Crippen LogP contribution in [0.25, 0.3) is 0 Å². The van der Waals surface area contributed by atoms with E-state index in [1.165, 1.54) is 7.11 Å². The average molecular weight is 206 g/mol. The fourth-order valence-electron chi connectivity index (χ4n) is 1.83. The largest absolute Gasteiger partial charge is 0.466 e. The Morgan fingerprint density at radius 3 is 2.53 bits per heavy atom. The molecule has 0 fully saturated rings. The van der Waals surface area contributed by atoms with Gasteiger partial charge in [0, 0.05) is 17.3 Å². The number of methoxy groups -OCH3 is 1. The van der Waals surface area contributed by atoms with Crippen LogP contribution < -0.4 is 5.32 Å². The molecule has 0 bridgehead atoms. The first-order valence-electron chi connectivity index (χ1n) is 4.69. The Morgan fingerprint density at radius 2 is 2.07 bits per heavy atom. The van der Waals surface area contributed by atoms with Crippen molar-refractivity contribution < 1.29 is 9.53 Å². The maximum Gasteiger partial charge on any atom is 0.336 e. The number of carbonyl (C=O) groups is 1. The van der Waals surface area contributed by atoms with Crippen molar-refractivity contribution in [3.05, 3.63) is 22.5 Å². The Labute approximate surface area is 89.2 Å². The molecule has 4 nitrogen and oxygen atoms in total. The number of dihydropyridines is 1. The van der Waals surface area contributed by atoms with Crippen LogP contribution in [0, 0.1) is 17.2 Å². The molecule has 1 aliphatic heterocycles. The third kappa shape index (κ3) is 1.86. The molecule has 0 radical (unpaired) electrons. The van der Waals surface area contributed by atoms with E-state index in [4.69, 9.17) is 5.26 Å². The molecule has 0 aromatic heterocycles. The van der Waals surface area contributed by atoms with E-state index >= 15 is 0 Å². The molecule has 0 saturated heterocycles. The molecule has 80 valence electrons. The van der Waals surface area contributed by atoms with E-state index < -0.39 is 0 Å². The lowest BCUT2D eigenvalue weighted by Crippen LogP contribution is -2.27. The second-order valence-electron chi connectivity index (χ2n) is 3.53. The average Bonchev–Trinajstić information content (AvgIpc) is 2.17. The van der Waals surface area contributed by atoms with Gasteiger partial charge in [0.25, 0.3) is 0 Å². The Bertz CT molecular complexity index is 399. The second kappa shape index (κ2) is 4.18. The van der Waals surface area contributed by atoms with Gasteiger partial charge in [-0.1, -0.05) is 6.92 Å². The first kappa shape index (κ1) is 11.3. The summed E-state index contributed by atoms with van der Waals surface area (Å²) in [5.41, 5.74) is 2.67. The van der Waals surface area contributed by atoms with Gasteiger partial charge in [-0.3, -0.25) is 0 Å². The van der Waals surface area contributed by atoms with Gasteiger partial charge in [-0.15, -0.1) is 0 Å². The predicted octanol–water partition coefficient (Wildman–Crippen LogP) is 1.47. The van der Waals surface area contributed by atoms with Crippen molar-refractivity contribution in [2.24, 2.45) is 5.92 Å². The minimum absolute atomic E-state index is 0.205. The van der Waals surface area contributed by atoms with E-state index in [1.54, 1.807) is 6.92 Å².